The van der Waals surface area contributed by atoms with Crippen LogP contribution in [0.15, 0.2) is 12.1 Å². The predicted octanol–water partition coefficient (Wildman–Crippen LogP) is 1.77. The van der Waals surface area contributed by atoms with E-state index in [4.69, 9.17) is 20.9 Å². The lowest BCUT2D eigenvalue weighted by Crippen LogP contribution is -2.57. The lowest BCUT2D eigenvalue weighted by molar-refractivity contribution is -0.179. The summed E-state index contributed by atoms with van der Waals surface area (Å²) >= 11 is 1.91. The van der Waals surface area contributed by atoms with Crippen molar-refractivity contribution in [3.63, 3.8) is 0 Å². The van der Waals surface area contributed by atoms with Crippen molar-refractivity contribution in [2.45, 2.75) is 31.8 Å². The maximum absolute atomic E-state index is 15.4. The molecule has 144 valence electrons. The van der Waals surface area contributed by atoms with Gasteiger partial charge in [-0.1, -0.05) is 36.4 Å². The van der Waals surface area contributed by atoms with E-state index >= 15 is 4.39 Å². The molecule has 0 spiro atoms. The Morgan fingerprint density at radius 2 is 2.12 bits per heavy atom. The zero-order valence-electron chi connectivity index (χ0n) is 14.4. The van der Waals surface area contributed by atoms with Gasteiger partial charge in [-0.25, -0.2) is 8.91 Å². The SMILES string of the molecule is CO[C@](N)(CI)[C@@H](OC(=O)C(C)C)[C@@H](F)c1ccc2c(N)nc(F)nn12. The van der Waals surface area contributed by atoms with Crippen molar-refractivity contribution in [1.29, 1.82) is 0 Å². The molecule has 2 aromatic rings. The second-order valence-electron chi connectivity index (χ2n) is 6.03. The number of alkyl halides is 2. The van der Waals surface area contributed by atoms with Gasteiger partial charge in [0.1, 0.15) is 5.52 Å². The van der Waals surface area contributed by atoms with Crippen molar-refractivity contribution in [3.05, 3.63) is 23.9 Å². The summed E-state index contributed by atoms with van der Waals surface area (Å²) in [5.74, 6) is -1.29. The smallest absolute Gasteiger partial charge is 0.327 e. The molecule has 4 N–H and O–H groups in total. The second kappa shape index (κ2) is 7.96. The molecule has 26 heavy (non-hydrogen) atoms. The largest absolute Gasteiger partial charge is 0.454 e. The summed E-state index contributed by atoms with van der Waals surface area (Å²) in [7, 11) is 1.29. The number of anilines is 1. The Balaban J connectivity index is 2.52. The number of carbonyl (C=O) groups is 1. The minimum Gasteiger partial charge on any atom is -0.454 e. The van der Waals surface area contributed by atoms with Gasteiger partial charge in [-0.2, -0.15) is 9.37 Å². The second-order valence-corrected chi connectivity index (χ2v) is 6.79. The van der Waals surface area contributed by atoms with E-state index in [9.17, 15) is 9.18 Å². The summed E-state index contributed by atoms with van der Waals surface area (Å²) in [6.07, 6.45) is -4.56. The topological polar surface area (TPSA) is 118 Å². The number of hydrogen-bond acceptors (Lipinski definition) is 7. The standard InChI is InChI=1S/C15H20F2IN5O3/c1-7(2)13(24)26-11(15(20,6-18)25-3)10(16)8-4-5-9-12(19)21-14(17)22-23(8)9/h4-5,7,10-11H,6,20H2,1-3H3,(H2,19,21,22)/t10-,11-,15+/m0/s1. The molecule has 2 aromatic heterocycles. The Morgan fingerprint density at radius 3 is 2.65 bits per heavy atom. The van der Waals surface area contributed by atoms with Gasteiger partial charge in [-0.05, 0) is 12.1 Å². The van der Waals surface area contributed by atoms with Crippen LogP contribution >= 0.6 is 22.6 Å². The Kier molecular flexibility index (Phi) is 6.34. The summed E-state index contributed by atoms with van der Waals surface area (Å²) in [5, 5.41) is 3.54. The fraction of sp³-hybridized carbons (Fsp3) is 0.533. The van der Waals surface area contributed by atoms with Crippen molar-refractivity contribution in [3.8, 4) is 0 Å². The number of ether oxygens (including phenoxy) is 2. The predicted molar refractivity (Wildman–Crippen MR) is 98.7 cm³/mol. The molecule has 3 atom stereocenters. The van der Waals surface area contributed by atoms with Crippen molar-refractivity contribution in [2.75, 3.05) is 17.3 Å². The lowest BCUT2D eigenvalue weighted by Gasteiger charge is -2.36. The molecule has 0 fully saturated rings. The van der Waals surface area contributed by atoms with Crippen LogP contribution in [0.25, 0.3) is 5.52 Å². The fourth-order valence-electron chi connectivity index (χ4n) is 2.29. The summed E-state index contributed by atoms with van der Waals surface area (Å²) < 4.78 is 40.6. The Morgan fingerprint density at radius 1 is 1.46 bits per heavy atom. The van der Waals surface area contributed by atoms with Crippen molar-refractivity contribution < 1.29 is 23.0 Å². The summed E-state index contributed by atoms with van der Waals surface area (Å²) in [6.45, 7) is 3.22. The van der Waals surface area contributed by atoms with Gasteiger partial charge in [0, 0.05) is 11.5 Å². The minimum atomic E-state index is -1.95. The van der Waals surface area contributed by atoms with E-state index in [1.165, 1.54) is 19.2 Å². The molecule has 0 amide bonds. The van der Waals surface area contributed by atoms with Crippen LogP contribution in [0, 0.1) is 12.0 Å². The average Bonchev–Trinajstić information content (AvgIpc) is 3.02. The first-order valence-corrected chi connectivity index (χ1v) is 9.22. The van der Waals surface area contributed by atoms with Crippen molar-refractivity contribution in [1.82, 2.24) is 14.6 Å². The number of hydrogen-bond donors (Lipinski definition) is 2. The van der Waals surface area contributed by atoms with Crippen LogP contribution in [0.1, 0.15) is 25.7 Å². The van der Waals surface area contributed by atoms with E-state index in [1.807, 2.05) is 22.6 Å². The molecular weight excluding hydrogens is 463 g/mol. The zero-order valence-corrected chi connectivity index (χ0v) is 16.6. The van der Waals surface area contributed by atoms with Crippen molar-refractivity contribution >= 4 is 39.9 Å². The molecule has 2 heterocycles. The van der Waals surface area contributed by atoms with Crippen LogP contribution in [0.4, 0.5) is 14.6 Å². The molecule has 0 aliphatic rings. The molecule has 2 rings (SSSR count). The molecular formula is C15H20F2IN5O3. The fourth-order valence-corrected chi connectivity index (χ4v) is 3.04. The number of nitrogens with two attached hydrogens (primary N) is 2. The Bertz CT molecular complexity index is 797. The number of halogens is 3. The van der Waals surface area contributed by atoms with Gasteiger partial charge < -0.3 is 15.2 Å². The molecule has 0 bridgehead atoms. The van der Waals surface area contributed by atoms with Crippen LogP contribution in [0.2, 0.25) is 0 Å². The van der Waals surface area contributed by atoms with Crippen LogP contribution in [-0.2, 0) is 14.3 Å². The molecule has 0 aliphatic carbocycles. The number of nitrogen functional groups attached to an aromatic ring is 1. The first kappa shape index (κ1) is 20.7. The molecule has 0 radical (unpaired) electrons. The van der Waals surface area contributed by atoms with Gasteiger partial charge in [0.25, 0.3) is 0 Å². The van der Waals surface area contributed by atoms with Crippen LogP contribution in [0.5, 0.6) is 0 Å². The Hall–Kier alpha value is -1.60. The van der Waals surface area contributed by atoms with E-state index in [1.54, 1.807) is 13.8 Å². The highest BCUT2D eigenvalue weighted by atomic mass is 127. The van der Waals surface area contributed by atoms with Gasteiger partial charge in [-0.15, -0.1) is 5.10 Å². The molecule has 0 unspecified atom stereocenters. The lowest BCUT2D eigenvalue weighted by atomic mass is 10.0. The van der Waals surface area contributed by atoms with E-state index in [2.05, 4.69) is 10.1 Å². The first-order chi connectivity index (χ1) is 12.1. The quantitative estimate of drug-likeness (QED) is 0.267. The number of fused-ring (bicyclic) bond motifs is 1. The summed E-state index contributed by atoms with van der Waals surface area (Å²) in [4.78, 5) is 15.5. The van der Waals surface area contributed by atoms with E-state index in [0.29, 0.717) is 0 Å². The van der Waals surface area contributed by atoms with Gasteiger partial charge in [-0.3, -0.25) is 10.5 Å². The van der Waals surface area contributed by atoms with E-state index in [-0.39, 0.29) is 21.5 Å². The van der Waals surface area contributed by atoms with E-state index < -0.39 is 36.0 Å². The summed E-state index contributed by atoms with van der Waals surface area (Å²) in [5.41, 5.74) is 10.3. The minimum absolute atomic E-state index is 0.0914. The highest BCUT2D eigenvalue weighted by molar-refractivity contribution is 14.1. The van der Waals surface area contributed by atoms with Crippen LogP contribution < -0.4 is 11.5 Å². The summed E-state index contributed by atoms with van der Waals surface area (Å²) in [6, 6.07) is 2.79. The molecule has 0 saturated heterocycles. The first-order valence-electron chi connectivity index (χ1n) is 7.69. The number of nitrogens with zero attached hydrogens (tertiary/aromatic N) is 3. The van der Waals surface area contributed by atoms with Crippen molar-refractivity contribution in [2.24, 2.45) is 11.7 Å². The maximum Gasteiger partial charge on any atom is 0.327 e. The number of esters is 1. The highest BCUT2D eigenvalue weighted by Gasteiger charge is 2.45. The molecule has 11 heteroatoms. The molecule has 0 saturated carbocycles. The average molecular weight is 483 g/mol. The van der Waals surface area contributed by atoms with E-state index in [0.717, 1.165) is 4.52 Å². The third-order valence-electron chi connectivity index (χ3n) is 3.88. The number of carbonyl (C=O) groups excluding carboxylic acids is 1. The third kappa shape index (κ3) is 3.88. The number of methoxy groups -OCH3 is 1. The van der Waals surface area contributed by atoms with Crippen LogP contribution in [-0.4, -0.2) is 43.9 Å². The maximum atomic E-state index is 15.4. The Labute approximate surface area is 162 Å². The monoisotopic (exact) mass is 483 g/mol. The van der Waals surface area contributed by atoms with Gasteiger partial charge in [0.15, 0.2) is 23.8 Å². The zero-order chi connectivity index (χ0) is 19.6. The van der Waals surface area contributed by atoms with Crippen LogP contribution in [0.3, 0.4) is 0 Å². The molecule has 0 aromatic carbocycles. The molecule has 8 nitrogen and oxygen atoms in total. The van der Waals surface area contributed by atoms with Gasteiger partial charge in [0.05, 0.1) is 11.6 Å². The normalized spacial score (nSPS) is 16.5. The highest BCUT2D eigenvalue weighted by Crippen LogP contribution is 2.33. The van der Waals surface area contributed by atoms with Gasteiger partial charge >= 0.3 is 12.0 Å². The third-order valence-corrected chi connectivity index (χ3v) is 5.07. The molecule has 0 aliphatic heterocycles. The number of aromatic nitrogens is 3. The number of rotatable bonds is 7. The van der Waals surface area contributed by atoms with Gasteiger partial charge in [0.2, 0.25) is 0 Å².